The largest absolute Gasteiger partial charge is 0.497 e. The first kappa shape index (κ1) is 20.4. The van der Waals surface area contributed by atoms with Crippen LogP contribution in [0.1, 0.15) is 17.0 Å². The molecule has 0 bridgehead atoms. The van der Waals surface area contributed by atoms with Crippen LogP contribution in [0.4, 0.5) is 13.2 Å². The molecule has 1 heterocycles. The number of para-hydroxylation sites is 1. The molecular formula is C24H17F3N2O2. The van der Waals surface area contributed by atoms with Gasteiger partial charge in [-0.25, -0.2) is 4.98 Å². The fourth-order valence-corrected chi connectivity index (χ4v) is 3.22. The van der Waals surface area contributed by atoms with Crippen LogP contribution in [0.2, 0.25) is 0 Å². The summed E-state index contributed by atoms with van der Waals surface area (Å²) in [5.74, 6) is 0.917. The molecule has 4 rings (SSSR count). The van der Waals surface area contributed by atoms with Gasteiger partial charge in [0.1, 0.15) is 11.6 Å². The van der Waals surface area contributed by atoms with Gasteiger partial charge >= 0.3 is 6.18 Å². The lowest BCUT2D eigenvalue weighted by Crippen LogP contribution is -2.22. The molecule has 0 saturated heterocycles. The number of fused-ring (bicyclic) bond motifs is 1. The van der Waals surface area contributed by atoms with E-state index in [1.165, 1.54) is 16.7 Å². The fraction of sp³-hybridized carbons (Fsp3) is 0.0833. The van der Waals surface area contributed by atoms with Gasteiger partial charge in [0.25, 0.3) is 5.56 Å². The Morgan fingerprint density at radius 3 is 2.39 bits per heavy atom. The van der Waals surface area contributed by atoms with Crippen LogP contribution in [0.25, 0.3) is 28.7 Å². The van der Waals surface area contributed by atoms with E-state index in [0.717, 1.165) is 17.7 Å². The highest BCUT2D eigenvalue weighted by Crippen LogP contribution is 2.30. The van der Waals surface area contributed by atoms with Crippen molar-refractivity contribution >= 4 is 23.1 Å². The second-order valence-corrected chi connectivity index (χ2v) is 6.78. The van der Waals surface area contributed by atoms with Crippen LogP contribution in [0.5, 0.6) is 5.75 Å². The molecule has 0 spiro atoms. The molecule has 0 unspecified atom stereocenters. The smallest absolute Gasteiger partial charge is 0.416 e. The lowest BCUT2D eigenvalue weighted by molar-refractivity contribution is -0.137. The first-order valence-corrected chi connectivity index (χ1v) is 9.38. The van der Waals surface area contributed by atoms with Crippen molar-refractivity contribution < 1.29 is 17.9 Å². The summed E-state index contributed by atoms with van der Waals surface area (Å²) in [6.07, 6.45) is -1.18. The number of methoxy groups -OCH3 is 1. The minimum absolute atomic E-state index is 0.0902. The van der Waals surface area contributed by atoms with Gasteiger partial charge in [-0.1, -0.05) is 36.4 Å². The van der Waals surface area contributed by atoms with E-state index in [1.54, 1.807) is 55.7 Å². The molecule has 7 heteroatoms. The van der Waals surface area contributed by atoms with Crippen LogP contribution >= 0.6 is 0 Å². The van der Waals surface area contributed by atoms with E-state index >= 15 is 0 Å². The van der Waals surface area contributed by atoms with Crippen LogP contribution in [-0.2, 0) is 6.18 Å². The number of rotatable bonds is 4. The maximum Gasteiger partial charge on any atom is 0.416 e. The molecule has 0 amide bonds. The number of halogens is 3. The lowest BCUT2D eigenvalue weighted by atomic mass is 10.1. The topological polar surface area (TPSA) is 44.1 Å². The normalized spacial score (nSPS) is 11.9. The van der Waals surface area contributed by atoms with Gasteiger partial charge < -0.3 is 4.74 Å². The van der Waals surface area contributed by atoms with E-state index in [1.807, 2.05) is 12.1 Å². The van der Waals surface area contributed by atoms with E-state index in [0.29, 0.717) is 16.7 Å². The van der Waals surface area contributed by atoms with Gasteiger partial charge in [0, 0.05) is 0 Å². The molecule has 4 aromatic rings. The molecule has 3 aromatic carbocycles. The molecule has 0 N–H and O–H groups in total. The van der Waals surface area contributed by atoms with Crippen molar-refractivity contribution in [1.29, 1.82) is 0 Å². The van der Waals surface area contributed by atoms with Crippen molar-refractivity contribution in [3.8, 4) is 11.4 Å². The summed E-state index contributed by atoms with van der Waals surface area (Å²) in [6.45, 7) is 0. The predicted octanol–water partition coefficient (Wildman–Crippen LogP) is 5.58. The Morgan fingerprint density at radius 2 is 1.68 bits per heavy atom. The molecule has 4 nitrogen and oxygen atoms in total. The van der Waals surface area contributed by atoms with Gasteiger partial charge in [-0.15, -0.1) is 0 Å². The zero-order valence-electron chi connectivity index (χ0n) is 16.4. The third-order valence-corrected chi connectivity index (χ3v) is 4.77. The molecule has 156 valence electrons. The molecular weight excluding hydrogens is 405 g/mol. The zero-order valence-corrected chi connectivity index (χ0v) is 16.4. The summed E-state index contributed by atoms with van der Waals surface area (Å²) >= 11 is 0. The SMILES string of the molecule is COc1ccc(/C=C\c2nc3ccccc3c(=O)n2-c2cccc(C(F)(F)F)c2)cc1. The number of nitrogens with zero attached hydrogens (tertiary/aromatic N) is 2. The molecule has 0 fully saturated rings. The lowest BCUT2D eigenvalue weighted by Gasteiger charge is -2.14. The van der Waals surface area contributed by atoms with Gasteiger partial charge in [-0.3, -0.25) is 9.36 Å². The van der Waals surface area contributed by atoms with Gasteiger partial charge in [0.15, 0.2) is 0 Å². The van der Waals surface area contributed by atoms with Gasteiger partial charge in [0.2, 0.25) is 0 Å². The zero-order chi connectivity index (χ0) is 22.0. The number of ether oxygens (including phenoxy) is 1. The molecule has 0 aliphatic rings. The highest BCUT2D eigenvalue weighted by molar-refractivity contribution is 5.80. The summed E-state index contributed by atoms with van der Waals surface area (Å²) in [6, 6.07) is 18.6. The summed E-state index contributed by atoms with van der Waals surface area (Å²) in [5.41, 5.74) is 0.0887. The number of aromatic nitrogens is 2. The predicted molar refractivity (Wildman–Crippen MR) is 114 cm³/mol. The standard InChI is InChI=1S/C24H17F3N2O2/c1-31-19-12-9-16(10-13-19)11-14-22-28-21-8-3-2-7-20(21)23(30)29(22)18-6-4-5-17(15-18)24(25,26)27/h2-15H,1H3/b14-11-. The Morgan fingerprint density at radius 1 is 0.935 bits per heavy atom. The number of hydrogen-bond donors (Lipinski definition) is 0. The minimum atomic E-state index is -4.52. The first-order chi connectivity index (χ1) is 14.9. The monoisotopic (exact) mass is 422 g/mol. The van der Waals surface area contributed by atoms with Crippen LogP contribution in [0, 0.1) is 0 Å². The highest BCUT2D eigenvalue weighted by Gasteiger charge is 2.30. The van der Waals surface area contributed by atoms with Crippen molar-refractivity contribution in [3.63, 3.8) is 0 Å². The van der Waals surface area contributed by atoms with E-state index < -0.39 is 17.3 Å². The highest BCUT2D eigenvalue weighted by atomic mass is 19.4. The van der Waals surface area contributed by atoms with E-state index in [4.69, 9.17) is 4.74 Å². The van der Waals surface area contributed by atoms with Crippen molar-refractivity contribution in [1.82, 2.24) is 9.55 Å². The number of hydrogen-bond acceptors (Lipinski definition) is 3. The van der Waals surface area contributed by atoms with Crippen LogP contribution < -0.4 is 10.3 Å². The molecule has 31 heavy (non-hydrogen) atoms. The van der Waals surface area contributed by atoms with Crippen molar-refractivity contribution in [3.05, 3.63) is 100 Å². The molecule has 0 atom stereocenters. The second kappa shape index (κ2) is 8.10. The van der Waals surface area contributed by atoms with Crippen molar-refractivity contribution in [2.75, 3.05) is 7.11 Å². The summed E-state index contributed by atoms with van der Waals surface area (Å²) in [7, 11) is 1.57. The summed E-state index contributed by atoms with van der Waals surface area (Å²) in [4.78, 5) is 17.7. The van der Waals surface area contributed by atoms with Crippen molar-refractivity contribution in [2.24, 2.45) is 0 Å². The molecule has 0 saturated carbocycles. The molecule has 0 radical (unpaired) electrons. The van der Waals surface area contributed by atoms with E-state index in [2.05, 4.69) is 4.98 Å². The molecule has 0 aliphatic carbocycles. The van der Waals surface area contributed by atoms with Crippen molar-refractivity contribution in [2.45, 2.75) is 6.18 Å². The van der Waals surface area contributed by atoms with E-state index in [9.17, 15) is 18.0 Å². The van der Waals surface area contributed by atoms with E-state index in [-0.39, 0.29) is 11.5 Å². The quantitative estimate of drug-likeness (QED) is 0.431. The number of alkyl halides is 3. The Labute approximate surface area is 175 Å². The average molecular weight is 422 g/mol. The maximum absolute atomic E-state index is 13.2. The third-order valence-electron chi connectivity index (χ3n) is 4.77. The van der Waals surface area contributed by atoms with Crippen LogP contribution in [0.3, 0.4) is 0 Å². The maximum atomic E-state index is 13.2. The summed E-state index contributed by atoms with van der Waals surface area (Å²) in [5, 5.41) is 0.321. The van der Waals surface area contributed by atoms with Crippen LogP contribution in [-0.4, -0.2) is 16.7 Å². The first-order valence-electron chi connectivity index (χ1n) is 9.38. The van der Waals surface area contributed by atoms with Gasteiger partial charge in [-0.05, 0) is 54.1 Å². The Kier molecular flexibility index (Phi) is 5.33. The van der Waals surface area contributed by atoms with Gasteiger partial charge in [0.05, 0.1) is 29.3 Å². The Bertz CT molecular complexity index is 1320. The fourth-order valence-electron chi connectivity index (χ4n) is 3.22. The number of benzene rings is 3. The Hall–Kier alpha value is -3.87. The average Bonchev–Trinajstić information content (AvgIpc) is 2.77. The third kappa shape index (κ3) is 4.21. The minimum Gasteiger partial charge on any atom is -0.497 e. The van der Waals surface area contributed by atoms with Gasteiger partial charge in [-0.2, -0.15) is 13.2 Å². The molecule has 0 aliphatic heterocycles. The second-order valence-electron chi connectivity index (χ2n) is 6.78. The molecule has 1 aromatic heterocycles. The summed E-state index contributed by atoms with van der Waals surface area (Å²) < 4.78 is 46.1. The Balaban J connectivity index is 1.90. The van der Waals surface area contributed by atoms with Crippen LogP contribution in [0.15, 0.2) is 77.6 Å².